The molecule has 1 aromatic rings. The molecule has 0 aliphatic carbocycles. The van der Waals surface area contributed by atoms with E-state index >= 15 is 0 Å². The van der Waals surface area contributed by atoms with Crippen molar-refractivity contribution in [3.63, 3.8) is 0 Å². The van der Waals surface area contributed by atoms with E-state index in [1.54, 1.807) is 0 Å². The van der Waals surface area contributed by atoms with Crippen molar-refractivity contribution in [1.29, 1.82) is 0 Å². The summed E-state index contributed by atoms with van der Waals surface area (Å²) in [6.07, 6.45) is -3.93. The zero-order chi connectivity index (χ0) is 17.2. The van der Waals surface area contributed by atoms with Gasteiger partial charge in [-0.3, -0.25) is 9.59 Å². The van der Waals surface area contributed by atoms with Crippen molar-refractivity contribution in [3.05, 3.63) is 29.3 Å². The number of hydrogen-bond acceptors (Lipinski definition) is 3. The Kier molecular flexibility index (Phi) is 4.93. The lowest BCUT2D eigenvalue weighted by Crippen LogP contribution is -2.38. The molecule has 8 heteroatoms. The van der Waals surface area contributed by atoms with E-state index in [0.717, 1.165) is 6.07 Å². The Balaban J connectivity index is 2.10. The molecule has 1 fully saturated rings. The van der Waals surface area contributed by atoms with Crippen LogP contribution in [-0.2, 0) is 15.8 Å². The van der Waals surface area contributed by atoms with Crippen molar-refractivity contribution in [3.8, 4) is 0 Å². The van der Waals surface area contributed by atoms with Gasteiger partial charge >= 0.3 is 18.0 Å². The topological polar surface area (TPSA) is 69.6 Å². The molecular weight excluding hydrogens is 313 g/mol. The van der Waals surface area contributed by atoms with Crippen molar-refractivity contribution in [2.75, 3.05) is 25.0 Å². The van der Waals surface area contributed by atoms with Crippen molar-refractivity contribution < 1.29 is 27.9 Å². The minimum absolute atomic E-state index is 0.0453. The molecule has 0 spiro atoms. The van der Waals surface area contributed by atoms with Gasteiger partial charge in [-0.15, -0.1) is 0 Å². The Morgan fingerprint density at radius 3 is 2.65 bits per heavy atom. The zero-order valence-corrected chi connectivity index (χ0v) is 12.5. The predicted molar refractivity (Wildman–Crippen MR) is 76.6 cm³/mol. The smallest absolute Gasteiger partial charge is 0.396 e. The molecule has 23 heavy (non-hydrogen) atoms. The largest absolute Gasteiger partial charge is 0.416 e. The second-order valence-corrected chi connectivity index (χ2v) is 5.52. The second-order valence-electron chi connectivity index (χ2n) is 5.52. The molecule has 1 saturated heterocycles. The fourth-order valence-corrected chi connectivity index (χ4v) is 2.56. The maximum Gasteiger partial charge on any atom is 0.416 e. The molecule has 2 N–H and O–H groups in total. The number of alkyl halides is 3. The number of carbonyl (C=O) groups is 2. The highest BCUT2D eigenvalue weighted by Crippen LogP contribution is 2.34. The molecule has 2 rings (SSSR count). The Morgan fingerprint density at radius 2 is 2.09 bits per heavy atom. The van der Waals surface area contributed by atoms with E-state index in [2.05, 4.69) is 5.32 Å². The minimum Gasteiger partial charge on any atom is -0.396 e. The summed E-state index contributed by atoms with van der Waals surface area (Å²) in [6.45, 7) is 1.78. The number of benzene rings is 1. The molecule has 0 bridgehead atoms. The van der Waals surface area contributed by atoms with Gasteiger partial charge in [0.1, 0.15) is 0 Å². The normalized spacial score (nSPS) is 18.1. The third-order valence-corrected chi connectivity index (χ3v) is 3.91. The molecular formula is C15H17F3N2O3. The van der Waals surface area contributed by atoms with E-state index in [1.807, 2.05) is 0 Å². The summed E-state index contributed by atoms with van der Waals surface area (Å²) >= 11 is 0. The zero-order valence-electron chi connectivity index (χ0n) is 12.5. The number of amides is 2. The number of nitrogens with zero attached hydrogens (tertiary/aromatic N) is 1. The van der Waals surface area contributed by atoms with Gasteiger partial charge in [-0.1, -0.05) is 6.07 Å². The van der Waals surface area contributed by atoms with Crippen molar-refractivity contribution in [2.24, 2.45) is 5.92 Å². The number of carbonyl (C=O) groups excluding carboxylic acids is 2. The van der Waals surface area contributed by atoms with Crippen LogP contribution >= 0.6 is 0 Å². The minimum atomic E-state index is -4.53. The number of aliphatic hydroxyl groups is 1. The van der Waals surface area contributed by atoms with Crippen molar-refractivity contribution in [1.82, 2.24) is 4.90 Å². The Labute approximate surface area is 131 Å². The van der Waals surface area contributed by atoms with Crippen LogP contribution in [-0.4, -0.2) is 41.5 Å². The Hall–Kier alpha value is -2.09. The third kappa shape index (κ3) is 3.82. The summed E-state index contributed by atoms with van der Waals surface area (Å²) in [7, 11) is 0. The fraction of sp³-hybridized carbons (Fsp3) is 0.467. The van der Waals surface area contributed by atoms with Crippen LogP contribution in [0.5, 0.6) is 0 Å². The van der Waals surface area contributed by atoms with Crippen molar-refractivity contribution >= 4 is 17.5 Å². The second kappa shape index (κ2) is 6.57. The molecule has 0 saturated carbocycles. The predicted octanol–water partition coefficient (Wildman–Crippen LogP) is 1.79. The van der Waals surface area contributed by atoms with Crippen LogP contribution in [0.25, 0.3) is 0 Å². The summed E-state index contributed by atoms with van der Waals surface area (Å²) in [4.78, 5) is 25.3. The lowest BCUT2D eigenvalue weighted by molar-refractivity contribution is -0.142. The molecule has 0 radical (unpaired) electrons. The Morgan fingerprint density at radius 1 is 1.39 bits per heavy atom. The third-order valence-electron chi connectivity index (χ3n) is 3.91. The fourth-order valence-electron chi connectivity index (χ4n) is 2.56. The van der Waals surface area contributed by atoms with Crippen molar-refractivity contribution in [2.45, 2.75) is 19.5 Å². The molecule has 1 aliphatic heterocycles. The van der Waals surface area contributed by atoms with E-state index in [9.17, 15) is 22.8 Å². The summed E-state index contributed by atoms with van der Waals surface area (Å²) in [5.41, 5.74) is -1.05. The number of anilines is 1. The molecule has 126 valence electrons. The van der Waals surface area contributed by atoms with Gasteiger partial charge in [0, 0.05) is 31.3 Å². The quantitative estimate of drug-likeness (QED) is 0.813. The van der Waals surface area contributed by atoms with E-state index in [4.69, 9.17) is 5.11 Å². The lowest BCUT2D eigenvalue weighted by Gasteiger charge is -2.17. The SMILES string of the molecule is Cc1c(NC(=O)C(=O)N2CCC(CO)C2)cccc1C(F)(F)F. The highest BCUT2D eigenvalue weighted by atomic mass is 19.4. The van der Waals surface area contributed by atoms with Crippen LogP contribution in [0.2, 0.25) is 0 Å². The number of halogens is 3. The first-order valence-corrected chi connectivity index (χ1v) is 7.12. The molecule has 0 aromatic heterocycles. The summed E-state index contributed by atoms with van der Waals surface area (Å²) in [5, 5.41) is 11.3. The highest BCUT2D eigenvalue weighted by Gasteiger charge is 2.34. The monoisotopic (exact) mass is 330 g/mol. The molecule has 1 unspecified atom stereocenters. The van der Waals surface area contributed by atoms with Gasteiger partial charge < -0.3 is 15.3 Å². The van der Waals surface area contributed by atoms with E-state index in [-0.39, 0.29) is 30.3 Å². The standard InChI is InChI=1S/C15H17F3N2O3/c1-9-11(15(16,17)18)3-2-4-12(9)19-13(22)14(23)20-6-5-10(7-20)8-21/h2-4,10,21H,5-8H2,1H3,(H,19,22). The molecule has 1 aromatic carbocycles. The number of hydrogen-bond donors (Lipinski definition) is 2. The van der Waals surface area contributed by atoms with E-state index < -0.39 is 23.6 Å². The first-order valence-electron chi connectivity index (χ1n) is 7.12. The number of likely N-dealkylation sites (tertiary alicyclic amines) is 1. The maximum atomic E-state index is 12.8. The van der Waals surface area contributed by atoms with Gasteiger partial charge in [0.15, 0.2) is 0 Å². The lowest BCUT2D eigenvalue weighted by atomic mass is 10.1. The summed E-state index contributed by atoms with van der Waals surface area (Å²) < 4.78 is 38.5. The maximum absolute atomic E-state index is 12.8. The van der Waals surface area contributed by atoms with Crippen LogP contribution in [0.15, 0.2) is 18.2 Å². The highest BCUT2D eigenvalue weighted by molar-refractivity contribution is 6.39. The van der Waals surface area contributed by atoms with Gasteiger partial charge in [-0.05, 0) is 31.0 Å². The van der Waals surface area contributed by atoms with Crippen LogP contribution < -0.4 is 5.32 Å². The first-order chi connectivity index (χ1) is 10.7. The molecule has 1 atom stereocenters. The number of nitrogens with one attached hydrogen (secondary N) is 1. The number of rotatable bonds is 2. The average molecular weight is 330 g/mol. The van der Waals surface area contributed by atoms with Gasteiger partial charge in [0.05, 0.1) is 5.56 Å². The van der Waals surface area contributed by atoms with Crippen LogP contribution in [0.1, 0.15) is 17.5 Å². The first kappa shape index (κ1) is 17.3. The molecule has 1 aliphatic rings. The molecule has 1 heterocycles. The average Bonchev–Trinajstić information content (AvgIpc) is 2.96. The van der Waals surface area contributed by atoms with E-state index in [1.165, 1.54) is 24.0 Å². The van der Waals surface area contributed by atoms with Crippen LogP contribution in [0.3, 0.4) is 0 Å². The van der Waals surface area contributed by atoms with Gasteiger partial charge in [0.25, 0.3) is 0 Å². The molecule has 2 amide bonds. The number of aliphatic hydroxyl groups excluding tert-OH is 1. The summed E-state index contributed by atoms with van der Waals surface area (Å²) in [5.74, 6) is -1.86. The van der Waals surface area contributed by atoms with Gasteiger partial charge in [0.2, 0.25) is 0 Å². The van der Waals surface area contributed by atoms with E-state index in [0.29, 0.717) is 13.0 Å². The Bertz CT molecular complexity index is 616. The van der Waals surface area contributed by atoms with Crippen LogP contribution in [0, 0.1) is 12.8 Å². The van der Waals surface area contributed by atoms with Gasteiger partial charge in [-0.2, -0.15) is 13.2 Å². The summed E-state index contributed by atoms with van der Waals surface area (Å²) in [6, 6.07) is 3.41. The van der Waals surface area contributed by atoms with Crippen LogP contribution in [0.4, 0.5) is 18.9 Å². The molecule has 5 nitrogen and oxygen atoms in total. The van der Waals surface area contributed by atoms with Gasteiger partial charge in [-0.25, -0.2) is 0 Å².